The molecule has 1 aliphatic carbocycles. The van der Waals surface area contributed by atoms with Crippen molar-refractivity contribution in [2.75, 3.05) is 13.6 Å². The third-order valence-electron chi connectivity index (χ3n) is 5.27. The Morgan fingerprint density at radius 1 is 1.35 bits per heavy atom. The van der Waals surface area contributed by atoms with E-state index in [4.69, 9.17) is 5.73 Å². The molecule has 0 aromatic carbocycles. The van der Waals surface area contributed by atoms with Crippen LogP contribution in [-0.2, 0) is 6.54 Å². The van der Waals surface area contributed by atoms with Crippen molar-refractivity contribution < 1.29 is 0 Å². The minimum atomic E-state index is 0.150. The van der Waals surface area contributed by atoms with Gasteiger partial charge in [-0.05, 0) is 57.2 Å². The Hall–Kier alpha value is -0.930. The van der Waals surface area contributed by atoms with Crippen molar-refractivity contribution in [3.63, 3.8) is 0 Å². The molecule has 20 heavy (non-hydrogen) atoms. The van der Waals surface area contributed by atoms with Gasteiger partial charge < -0.3 is 5.73 Å². The number of rotatable bonds is 4. The average molecular weight is 275 g/mol. The normalized spacial score (nSPS) is 30.7. The lowest BCUT2D eigenvalue weighted by Gasteiger charge is -2.48. The Balaban J connectivity index is 2.11. The summed E-state index contributed by atoms with van der Waals surface area (Å²) in [6.45, 7) is 8.42. The second-order valence-corrected chi connectivity index (χ2v) is 6.75. The highest BCUT2D eigenvalue weighted by molar-refractivity contribution is 5.10. The molecule has 0 aliphatic heterocycles. The number of aromatic nitrogens is 1. The van der Waals surface area contributed by atoms with Crippen molar-refractivity contribution >= 4 is 0 Å². The van der Waals surface area contributed by atoms with Gasteiger partial charge in [-0.2, -0.15) is 0 Å². The van der Waals surface area contributed by atoms with E-state index in [1.807, 2.05) is 13.0 Å². The van der Waals surface area contributed by atoms with Crippen LogP contribution in [0.1, 0.15) is 44.5 Å². The van der Waals surface area contributed by atoms with E-state index in [2.05, 4.69) is 42.9 Å². The van der Waals surface area contributed by atoms with Crippen LogP contribution in [0.4, 0.5) is 0 Å². The summed E-state index contributed by atoms with van der Waals surface area (Å²) in [5.74, 6) is 1.57. The molecule has 0 amide bonds. The Morgan fingerprint density at radius 3 is 2.70 bits per heavy atom. The van der Waals surface area contributed by atoms with Crippen LogP contribution in [0, 0.1) is 18.8 Å². The summed E-state index contributed by atoms with van der Waals surface area (Å²) < 4.78 is 0. The maximum Gasteiger partial charge on any atom is 0.0547 e. The van der Waals surface area contributed by atoms with E-state index in [1.54, 1.807) is 0 Å². The second kappa shape index (κ2) is 6.23. The third-order valence-corrected chi connectivity index (χ3v) is 5.27. The minimum Gasteiger partial charge on any atom is -0.329 e. The van der Waals surface area contributed by atoms with Crippen LogP contribution in [0.25, 0.3) is 0 Å². The molecule has 2 N–H and O–H groups in total. The second-order valence-electron chi connectivity index (χ2n) is 6.75. The predicted molar refractivity (Wildman–Crippen MR) is 84.4 cm³/mol. The smallest absolute Gasteiger partial charge is 0.0547 e. The predicted octanol–water partition coefficient (Wildman–Crippen LogP) is 2.98. The Labute approximate surface area is 123 Å². The van der Waals surface area contributed by atoms with E-state index in [-0.39, 0.29) is 5.54 Å². The van der Waals surface area contributed by atoms with Crippen LogP contribution in [0.5, 0.6) is 0 Å². The topological polar surface area (TPSA) is 42.1 Å². The van der Waals surface area contributed by atoms with Gasteiger partial charge in [-0.3, -0.25) is 9.88 Å². The zero-order valence-corrected chi connectivity index (χ0v) is 13.4. The van der Waals surface area contributed by atoms with E-state index in [0.717, 1.165) is 36.3 Å². The number of hydrogen-bond donors (Lipinski definition) is 1. The van der Waals surface area contributed by atoms with E-state index in [9.17, 15) is 0 Å². The molecule has 0 radical (unpaired) electrons. The van der Waals surface area contributed by atoms with Crippen molar-refractivity contribution in [3.8, 4) is 0 Å². The van der Waals surface area contributed by atoms with Crippen molar-refractivity contribution in [1.82, 2.24) is 9.88 Å². The Bertz CT molecular complexity index is 446. The summed E-state index contributed by atoms with van der Waals surface area (Å²) in [6, 6.07) is 6.25. The molecule has 3 nitrogen and oxygen atoms in total. The number of nitrogens with zero attached hydrogens (tertiary/aromatic N) is 2. The van der Waals surface area contributed by atoms with Gasteiger partial charge in [-0.15, -0.1) is 0 Å². The van der Waals surface area contributed by atoms with Gasteiger partial charge in [0, 0.05) is 24.3 Å². The molecule has 1 saturated carbocycles. The van der Waals surface area contributed by atoms with E-state index >= 15 is 0 Å². The summed E-state index contributed by atoms with van der Waals surface area (Å²) in [5.41, 5.74) is 8.55. The van der Waals surface area contributed by atoms with Gasteiger partial charge in [0.05, 0.1) is 5.69 Å². The third kappa shape index (κ3) is 3.21. The summed E-state index contributed by atoms with van der Waals surface area (Å²) in [7, 11) is 2.21. The van der Waals surface area contributed by atoms with Crippen LogP contribution in [0.3, 0.4) is 0 Å². The standard InChI is InChI=1S/C17H29N3/c1-13-8-9-17(12-18,10-14(13)2)20(4)11-16-7-5-6-15(3)19-16/h5-7,13-14H,8-12,18H2,1-4H3. The largest absolute Gasteiger partial charge is 0.329 e. The highest BCUT2D eigenvalue weighted by Crippen LogP contribution is 2.39. The fraction of sp³-hybridized carbons (Fsp3) is 0.706. The molecule has 3 unspecified atom stereocenters. The highest BCUT2D eigenvalue weighted by Gasteiger charge is 2.39. The lowest BCUT2D eigenvalue weighted by Crippen LogP contribution is -2.55. The van der Waals surface area contributed by atoms with Crippen LogP contribution in [-0.4, -0.2) is 29.0 Å². The van der Waals surface area contributed by atoms with Crippen molar-refractivity contribution in [2.24, 2.45) is 17.6 Å². The van der Waals surface area contributed by atoms with Crippen LogP contribution < -0.4 is 5.73 Å². The molecule has 0 saturated heterocycles. The Kier molecular flexibility index (Phi) is 4.82. The van der Waals surface area contributed by atoms with Gasteiger partial charge in [0.25, 0.3) is 0 Å². The van der Waals surface area contributed by atoms with Gasteiger partial charge in [0.15, 0.2) is 0 Å². The molecular weight excluding hydrogens is 246 g/mol. The molecule has 2 rings (SSSR count). The maximum absolute atomic E-state index is 6.17. The molecule has 1 aromatic rings. The molecule has 0 spiro atoms. The van der Waals surface area contributed by atoms with Crippen LogP contribution in [0.2, 0.25) is 0 Å². The minimum absolute atomic E-state index is 0.150. The lowest BCUT2D eigenvalue weighted by molar-refractivity contribution is 0.0341. The zero-order chi connectivity index (χ0) is 14.8. The number of likely N-dealkylation sites (N-methyl/N-ethyl adjacent to an activating group) is 1. The fourth-order valence-electron chi connectivity index (χ4n) is 3.47. The summed E-state index contributed by atoms with van der Waals surface area (Å²) in [4.78, 5) is 7.07. The molecule has 3 heteroatoms. The summed E-state index contributed by atoms with van der Waals surface area (Å²) in [6.07, 6.45) is 3.69. The molecular formula is C17H29N3. The van der Waals surface area contributed by atoms with E-state index in [0.29, 0.717) is 0 Å². The number of pyridine rings is 1. The summed E-state index contributed by atoms with van der Waals surface area (Å²) in [5, 5.41) is 0. The quantitative estimate of drug-likeness (QED) is 0.918. The molecule has 1 aliphatic rings. The molecule has 0 bridgehead atoms. The van der Waals surface area contributed by atoms with Gasteiger partial charge in [-0.1, -0.05) is 19.9 Å². The first-order valence-electron chi connectivity index (χ1n) is 7.81. The van der Waals surface area contributed by atoms with Gasteiger partial charge >= 0.3 is 0 Å². The summed E-state index contributed by atoms with van der Waals surface area (Å²) >= 11 is 0. The molecule has 112 valence electrons. The monoisotopic (exact) mass is 275 g/mol. The van der Waals surface area contributed by atoms with E-state index < -0.39 is 0 Å². The van der Waals surface area contributed by atoms with Gasteiger partial charge in [0.2, 0.25) is 0 Å². The van der Waals surface area contributed by atoms with Crippen molar-refractivity contribution in [3.05, 3.63) is 29.6 Å². The number of hydrogen-bond acceptors (Lipinski definition) is 3. The van der Waals surface area contributed by atoms with Gasteiger partial charge in [0.1, 0.15) is 0 Å². The first-order chi connectivity index (χ1) is 9.47. The zero-order valence-electron chi connectivity index (χ0n) is 13.4. The van der Waals surface area contributed by atoms with Crippen molar-refractivity contribution in [2.45, 2.75) is 52.1 Å². The highest BCUT2D eigenvalue weighted by atomic mass is 15.2. The first-order valence-corrected chi connectivity index (χ1v) is 7.81. The maximum atomic E-state index is 6.17. The average Bonchev–Trinajstić information content (AvgIpc) is 2.42. The fourth-order valence-corrected chi connectivity index (χ4v) is 3.47. The molecule has 1 aromatic heterocycles. The first kappa shape index (κ1) is 15.5. The molecule has 1 fully saturated rings. The SMILES string of the molecule is Cc1cccc(CN(C)C2(CN)CCC(C)C(C)C2)n1. The molecule has 3 atom stereocenters. The molecule has 1 heterocycles. The number of nitrogens with two attached hydrogens (primary N) is 1. The van der Waals surface area contributed by atoms with E-state index in [1.165, 1.54) is 19.3 Å². The lowest BCUT2D eigenvalue weighted by atomic mass is 9.70. The Morgan fingerprint density at radius 2 is 2.10 bits per heavy atom. The number of aryl methyl sites for hydroxylation is 1. The van der Waals surface area contributed by atoms with Crippen LogP contribution in [0.15, 0.2) is 18.2 Å². The van der Waals surface area contributed by atoms with Crippen molar-refractivity contribution in [1.29, 1.82) is 0 Å². The van der Waals surface area contributed by atoms with Gasteiger partial charge in [-0.25, -0.2) is 0 Å². The van der Waals surface area contributed by atoms with Crippen LogP contribution >= 0.6 is 0 Å².